The van der Waals surface area contributed by atoms with E-state index in [2.05, 4.69) is 0 Å². The Hall–Kier alpha value is -2.13. The van der Waals surface area contributed by atoms with Gasteiger partial charge >= 0.3 is 5.97 Å². The standard InChI is InChI=1S/C16H14O3/c17-15(18)16(10-19-11-16)14-8-6-13(7-9-14)12-4-2-1-3-5-12/h1-9H,10-11H2,(H,17,18). The van der Waals surface area contributed by atoms with Crippen LogP contribution in [0.25, 0.3) is 11.1 Å². The molecule has 3 heteroatoms. The number of hydrogen-bond acceptors (Lipinski definition) is 2. The summed E-state index contributed by atoms with van der Waals surface area (Å²) in [6.07, 6.45) is 0. The van der Waals surface area contributed by atoms with Crippen molar-refractivity contribution in [2.75, 3.05) is 13.2 Å². The van der Waals surface area contributed by atoms with E-state index in [-0.39, 0.29) is 13.2 Å². The van der Waals surface area contributed by atoms with Gasteiger partial charge in [0.2, 0.25) is 0 Å². The van der Waals surface area contributed by atoms with Gasteiger partial charge in [-0.2, -0.15) is 0 Å². The van der Waals surface area contributed by atoms with Gasteiger partial charge in [0.15, 0.2) is 0 Å². The second kappa shape index (κ2) is 4.52. The quantitative estimate of drug-likeness (QED) is 0.916. The average Bonchev–Trinajstić information content (AvgIpc) is 2.39. The van der Waals surface area contributed by atoms with E-state index in [1.165, 1.54) is 0 Å². The minimum Gasteiger partial charge on any atom is -0.480 e. The lowest BCUT2D eigenvalue weighted by molar-refractivity contribution is -0.163. The molecule has 1 aliphatic heterocycles. The van der Waals surface area contributed by atoms with Gasteiger partial charge in [-0.05, 0) is 16.7 Å². The zero-order chi connectivity index (χ0) is 13.3. The van der Waals surface area contributed by atoms with E-state index in [0.717, 1.165) is 16.7 Å². The first-order chi connectivity index (χ1) is 9.22. The second-order valence-electron chi connectivity index (χ2n) is 4.82. The number of carbonyl (C=O) groups is 1. The van der Waals surface area contributed by atoms with Crippen LogP contribution in [0, 0.1) is 0 Å². The van der Waals surface area contributed by atoms with Gasteiger partial charge in [-0.1, -0.05) is 54.6 Å². The second-order valence-corrected chi connectivity index (χ2v) is 4.82. The maximum atomic E-state index is 11.4. The van der Waals surface area contributed by atoms with E-state index in [0.29, 0.717) is 0 Å². The molecule has 1 saturated heterocycles. The molecule has 0 bridgehead atoms. The fourth-order valence-electron chi connectivity index (χ4n) is 2.33. The molecule has 0 saturated carbocycles. The van der Waals surface area contributed by atoms with Gasteiger partial charge in [0.25, 0.3) is 0 Å². The smallest absolute Gasteiger partial charge is 0.318 e. The van der Waals surface area contributed by atoms with E-state index in [1.807, 2.05) is 54.6 Å². The largest absolute Gasteiger partial charge is 0.480 e. The van der Waals surface area contributed by atoms with Crippen molar-refractivity contribution in [2.24, 2.45) is 0 Å². The van der Waals surface area contributed by atoms with Crippen molar-refractivity contribution in [3.63, 3.8) is 0 Å². The summed E-state index contributed by atoms with van der Waals surface area (Å²) in [7, 11) is 0. The van der Waals surface area contributed by atoms with Crippen LogP contribution in [-0.2, 0) is 14.9 Å². The van der Waals surface area contributed by atoms with Gasteiger partial charge in [-0.3, -0.25) is 4.79 Å². The summed E-state index contributed by atoms with van der Waals surface area (Å²) in [4.78, 5) is 11.4. The predicted octanol–water partition coefficient (Wildman–Crippen LogP) is 2.71. The summed E-state index contributed by atoms with van der Waals surface area (Å²) in [5.74, 6) is -0.814. The van der Waals surface area contributed by atoms with Gasteiger partial charge in [0.05, 0.1) is 13.2 Å². The molecule has 3 rings (SSSR count). The minimum atomic E-state index is -0.852. The Morgan fingerprint density at radius 3 is 2.00 bits per heavy atom. The Kier molecular flexibility index (Phi) is 2.84. The Bertz CT molecular complexity index is 583. The lowest BCUT2D eigenvalue weighted by Gasteiger charge is -2.37. The molecule has 0 unspecified atom stereocenters. The van der Waals surface area contributed by atoms with Crippen LogP contribution in [-0.4, -0.2) is 24.3 Å². The molecule has 0 aromatic heterocycles. The number of carboxylic acid groups (broad SMARTS) is 1. The van der Waals surface area contributed by atoms with Gasteiger partial charge < -0.3 is 9.84 Å². The molecule has 2 aromatic carbocycles. The number of carboxylic acids is 1. The van der Waals surface area contributed by atoms with Crippen molar-refractivity contribution in [2.45, 2.75) is 5.41 Å². The van der Waals surface area contributed by atoms with Crippen molar-refractivity contribution >= 4 is 5.97 Å². The Labute approximate surface area is 111 Å². The molecule has 0 spiro atoms. The SMILES string of the molecule is O=C(O)C1(c2ccc(-c3ccccc3)cc2)COC1. The lowest BCUT2D eigenvalue weighted by atomic mass is 9.78. The Morgan fingerprint density at radius 2 is 1.53 bits per heavy atom. The van der Waals surface area contributed by atoms with Gasteiger partial charge in [-0.15, -0.1) is 0 Å². The van der Waals surface area contributed by atoms with Crippen LogP contribution in [0.1, 0.15) is 5.56 Å². The minimum absolute atomic E-state index is 0.257. The molecule has 96 valence electrons. The summed E-state index contributed by atoms with van der Waals surface area (Å²) < 4.78 is 5.09. The third-order valence-electron chi connectivity index (χ3n) is 3.65. The molecule has 0 amide bonds. The lowest BCUT2D eigenvalue weighted by Crippen LogP contribution is -2.53. The van der Waals surface area contributed by atoms with E-state index in [1.54, 1.807) is 0 Å². The molecular formula is C16H14O3. The maximum absolute atomic E-state index is 11.4. The number of hydrogen-bond donors (Lipinski definition) is 1. The van der Waals surface area contributed by atoms with Crippen LogP contribution >= 0.6 is 0 Å². The van der Waals surface area contributed by atoms with Crippen LogP contribution < -0.4 is 0 Å². The summed E-state index contributed by atoms with van der Waals surface area (Å²) in [5.41, 5.74) is 2.18. The molecule has 19 heavy (non-hydrogen) atoms. The first-order valence-corrected chi connectivity index (χ1v) is 6.19. The van der Waals surface area contributed by atoms with Gasteiger partial charge in [0, 0.05) is 0 Å². The first-order valence-electron chi connectivity index (χ1n) is 6.19. The van der Waals surface area contributed by atoms with Crippen molar-refractivity contribution in [3.8, 4) is 11.1 Å². The molecule has 1 aliphatic rings. The van der Waals surface area contributed by atoms with E-state index in [4.69, 9.17) is 4.74 Å². The first kappa shape index (κ1) is 11.9. The van der Waals surface area contributed by atoms with E-state index >= 15 is 0 Å². The highest BCUT2D eigenvalue weighted by Crippen LogP contribution is 2.33. The summed E-state index contributed by atoms with van der Waals surface area (Å²) in [6, 6.07) is 17.7. The molecule has 3 nitrogen and oxygen atoms in total. The topological polar surface area (TPSA) is 46.5 Å². The van der Waals surface area contributed by atoms with Crippen LogP contribution in [0.5, 0.6) is 0 Å². The highest BCUT2D eigenvalue weighted by Gasteiger charge is 2.47. The molecular weight excluding hydrogens is 240 g/mol. The molecule has 1 N–H and O–H groups in total. The Morgan fingerprint density at radius 1 is 0.947 bits per heavy atom. The van der Waals surface area contributed by atoms with Crippen molar-refractivity contribution < 1.29 is 14.6 Å². The number of aliphatic carboxylic acids is 1. The number of ether oxygens (including phenoxy) is 1. The Balaban J connectivity index is 1.93. The molecule has 0 radical (unpaired) electrons. The summed E-state index contributed by atoms with van der Waals surface area (Å²) in [5, 5.41) is 9.34. The zero-order valence-corrected chi connectivity index (χ0v) is 10.4. The van der Waals surface area contributed by atoms with E-state index < -0.39 is 11.4 Å². The van der Waals surface area contributed by atoms with Crippen LogP contribution in [0.3, 0.4) is 0 Å². The third kappa shape index (κ3) is 1.92. The third-order valence-corrected chi connectivity index (χ3v) is 3.65. The van der Waals surface area contributed by atoms with Crippen LogP contribution in [0.15, 0.2) is 54.6 Å². The van der Waals surface area contributed by atoms with Crippen LogP contribution in [0.2, 0.25) is 0 Å². The molecule has 2 aromatic rings. The molecule has 0 aliphatic carbocycles. The summed E-state index contributed by atoms with van der Waals surface area (Å²) >= 11 is 0. The normalized spacial score (nSPS) is 16.6. The van der Waals surface area contributed by atoms with Crippen molar-refractivity contribution in [3.05, 3.63) is 60.2 Å². The fourth-order valence-corrected chi connectivity index (χ4v) is 2.33. The van der Waals surface area contributed by atoms with Crippen molar-refractivity contribution in [1.29, 1.82) is 0 Å². The zero-order valence-electron chi connectivity index (χ0n) is 10.4. The highest BCUT2D eigenvalue weighted by molar-refractivity contribution is 5.83. The number of benzene rings is 2. The molecule has 1 fully saturated rings. The van der Waals surface area contributed by atoms with Crippen LogP contribution in [0.4, 0.5) is 0 Å². The van der Waals surface area contributed by atoms with Crippen molar-refractivity contribution in [1.82, 2.24) is 0 Å². The summed E-state index contributed by atoms with van der Waals surface area (Å²) in [6.45, 7) is 0.514. The average molecular weight is 254 g/mol. The van der Waals surface area contributed by atoms with Gasteiger partial charge in [0.1, 0.15) is 5.41 Å². The molecule has 0 atom stereocenters. The fraction of sp³-hybridized carbons (Fsp3) is 0.188. The van der Waals surface area contributed by atoms with E-state index in [9.17, 15) is 9.90 Å². The highest BCUT2D eigenvalue weighted by atomic mass is 16.5. The predicted molar refractivity (Wildman–Crippen MR) is 72.0 cm³/mol. The number of rotatable bonds is 3. The molecule has 1 heterocycles. The van der Waals surface area contributed by atoms with Gasteiger partial charge in [-0.25, -0.2) is 0 Å². The maximum Gasteiger partial charge on any atom is 0.318 e. The monoisotopic (exact) mass is 254 g/mol.